The zero-order valence-electron chi connectivity index (χ0n) is 14.8. The number of para-hydroxylation sites is 1. The van der Waals surface area contributed by atoms with E-state index in [-0.39, 0.29) is 11.9 Å². The van der Waals surface area contributed by atoms with Gasteiger partial charge in [-0.1, -0.05) is 18.2 Å². The highest BCUT2D eigenvalue weighted by molar-refractivity contribution is 7.14. The van der Waals surface area contributed by atoms with Crippen LogP contribution >= 0.6 is 11.3 Å². The molecule has 4 rings (SSSR count). The SMILES string of the molecule is O=C(NCC1CCN(C(=O)c2cc3ccccc3o2)CC1)Nc1cccs1. The highest BCUT2D eigenvalue weighted by Crippen LogP contribution is 2.23. The van der Waals surface area contributed by atoms with Crippen molar-refractivity contribution in [2.24, 2.45) is 5.92 Å². The van der Waals surface area contributed by atoms with E-state index < -0.39 is 0 Å². The van der Waals surface area contributed by atoms with Gasteiger partial charge in [0.2, 0.25) is 0 Å². The second-order valence-corrected chi connectivity index (χ2v) is 7.64. The minimum Gasteiger partial charge on any atom is -0.451 e. The fraction of sp³-hybridized carbons (Fsp3) is 0.300. The van der Waals surface area contributed by atoms with Crippen molar-refractivity contribution in [2.45, 2.75) is 12.8 Å². The van der Waals surface area contributed by atoms with Crippen LogP contribution in [-0.4, -0.2) is 36.5 Å². The third-order valence-corrected chi connectivity index (χ3v) is 5.63. The number of piperidine rings is 1. The van der Waals surface area contributed by atoms with E-state index in [1.165, 1.54) is 11.3 Å². The summed E-state index contributed by atoms with van der Waals surface area (Å²) in [6.45, 7) is 1.97. The first kappa shape index (κ1) is 17.6. The van der Waals surface area contributed by atoms with Crippen molar-refractivity contribution in [3.05, 3.63) is 53.6 Å². The molecule has 7 heteroatoms. The number of anilines is 1. The molecule has 27 heavy (non-hydrogen) atoms. The van der Waals surface area contributed by atoms with Gasteiger partial charge in [-0.25, -0.2) is 4.79 Å². The summed E-state index contributed by atoms with van der Waals surface area (Å²) >= 11 is 1.49. The van der Waals surface area contributed by atoms with Crippen molar-refractivity contribution in [1.82, 2.24) is 10.2 Å². The lowest BCUT2D eigenvalue weighted by Gasteiger charge is -2.31. The number of nitrogens with zero attached hydrogens (tertiary/aromatic N) is 1. The number of fused-ring (bicyclic) bond motifs is 1. The van der Waals surface area contributed by atoms with Crippen molar-refractivity contribution >= 4 is 39.2 Å². The maximum atomic E-state index is 12.7. The van der Waals surface area contributed by atoms with Crippen molar-refractivity contribution in [2.75, 3.05) is 25.0 Å². The van der Waals surface area contributed by atoms with Crippen molar-refractivity contribution in [1.29, 1.82) is 0 Å². The van der Waals surface area contributed by atoms with Gasteiger partial charge in [0.1, 0.15) is 5.58 Å². The maximum Gasteiger partial charge on any atom is 0.319 e. The first-order valence-electron chi connectivity index (χ1n) is 9.05. The number of amides is 3. The van der Waals surface area contributed by atoms with E-state index >= 15 is 0 Å². The van der Waals surface area contributed by atoms with Crippen LogP contribution in [0.3, 0.4) is 0 Å². The van der Waals surface area contributed by atoms with Crippen molar-refractivity contribution < 1.29 is 14.0 Å². The van der Waals surface area contributed by atoms with E-state index in [0.29, 0.717) is 31.3 Å². The summed E-state index contributed by atoms with van der Waals surface area (Å²) in [6, 6.07) is 13.0. The summed E-state index contributed by atoms with van der Waals surface area (Å²) in [4.78, 5) is 26.4. The van der Waals surface area contributed by atoms with Crippen molar-refractivity contribution in [3.8, 4) is 0 Å². The average molecular weight is 383 g/mol. The predicted molar refractivity (Wildman–Crippen MR) is 106 cm³/mol. The van der Waals surface area contributed by atoms with Crippen LogP contribution < -0.4 is 10.6 Å². The first-order valence-corrected chi connectivity index (χ1v) is 9.93. The second-order valence-electron chi connectivity index (χ2n) is 6.70. The van der Waals surface area contributed by atoms with Gasteiger partial charge in [0.05, 0.1) is 5.00 Å². The quantitative estimate of drug-likeness (QED) is 0.710. The number of benzene rings is 1. The average Bonchev–Trinajstić information content (AvgIpc) is 3.35. The fourth-order valence-electron chi connectivity index (χ4n) is 3.33. The van der Waals surface area contributed by atoms with Gasteiger partial charge < -0.3 is 14.6 Å². The molecule has 3 heterocycles. The van der Waals surface area contributed by atoms with Gasteiger partial charge in [0, 0.05) is 25.0 Å². The minimum absolute atomic E-state index is 0.0620. The van der Waals surface area contributed by atoms with Crippen LogP contribution in [0.5, 0.6) is 0 Å². The summed E-state index contributed by atoms with van der Waals surface area (Å²) in [5, 5.41) is 9.43. The van der Waals surface area contributed by atoms with Gasteiger partial charge in [-0.15, -0.1) is 11.3 Å². The fourth-order valence-corrected chi connectivity index (χ4v) is 3.94. The van der Waals surface area contributed by atoms with Crippen LogP contribution in [0.1, 0.15) is 23.4 Å². The minimum atomic E-state index is -0.182. The highest BCUT2D eigenvalue weighted by Gasteiger charge is 2.26. The number of urea groups is 1. The number of carbonyl (C=O) groups excluding carboxylic acids is 2. The third-order valence-electron chi connectivity index (χ3n) is 4.85. The Bertz CT molecular complexity index is 894. The molecule has 0 spiro atoms. The Kier molecular flexibility index (Phi) is 5.11. The van der Waals surface area contributed by atoms with E-state index in [1.807, 2.05) is 46.7 Å². The zero-order chi connectivity index (χ0) is 18.6. The normalized spacial score (nSPS) is 15.0. The Morgan fingerprint density at radius 2 is 1.96 bits per heavy atom. The molecule has 0 saturated carbocycles. The zero-order valence-corrected chi connectivity index (χ0v) is 15.6. The van der Waals surface area contributed by atoms with Crippen LogP contribution in [0, 0.1) is 5.92 Å². The largest absolute Gasteiger partial charge is 0.451 e. The first-order chi connectivity index (χ1) is 13.2. The number of rotatable bonds is 4. The molecule has 3 amide bonds. The molecule has 1 aliphatic heterocycles. The summed E-state index contributed by atoms with van der Waals surface area (Å²) in [5.41, 5.74) is 0.733. The second kappa shape index (κ2) is 7.84. The van der Waals surface area contributed by atoms with Gasteiger partial charge in [0.15, 0.2) is 5.76 Å². The van der Waals surface area contributed by atoms with Crippen LogP contribution in [0.15, 0.2) is 52.3 Å². The smallest absolute Gasteiger partial charge is 0.319 e. The summed E-state index contributed by atoms with van der Waals surface area (Å²) in [6.07, 6.45) is 1.73. The van der Waals surface area contributed by atoms with E-state index in [1.54, 1.807) is 6.07 Å². The van der Waals surface area contributed by atoms with Crippen LogP contribution in [0.4, 0.5) is 9.80 Å². The van der Waals surface area contributed by atoms with Crippen LogP contribution in [0.2, 0.25) is 0 Å². The molecule has 3 aromatic rings. The molecule has 1 aromatic carbocycles. The molecule has 1 aliphatic rings. The Morgan fingerprint density at radius 1 is 1.15 bits per heavy atom. The standard InChI is InChI=1S/C20H21N3O3S/c24-19(17-12-15-4-1-2-5-16(15)26-17)23-9-7-14(8-10-23)13-21-20(25)22-18-6-3-11-27-18/h1-6,11-12,14H,7-10,13H2,(H2,21,22,25). The van der Waals surface area contributed by atoms with Gasteiger partial charge in [-0.3, -0.25) is 10.1 Å². The molecular weight excluding hydrogens is 362 g/mol. The summed E-state index contributed by atoms with van der Waals surface area (Å²) < 4.78 is 5.68. The highest BCUT2D eigenvalue weighted by atomic mass is 32.1. The lowest BCUT2D eigenvalue weighted by Crippen LogP contribution is -2.42. The lowest BCUT2D eigenvalue weighted by molar-refractivity contribution is 0.0661. The summed E-state index contributed by atoms with van der Waals surface area (Å²) in [5.74, 6) is 0.704. The van der Waals surface area contributed by atoms with Gasteiger partial charge in [-0.2, -0.15) is 0 Å². The number of hydrogen-bond donors (Lipinski definition) is 2. The molecule has 6 nitrogen and oxygen atoms in total. The van der Waals surface area contributed by atoms with E-state index in [0.717, 1.165) is 28.8 Å². The maximum absolute atomic E-state index is 12.7. The molecular formula is C20H21N3O3S. The Labute approximate surface area is 161 Å². The molecule has 0 atom stereocenters. The van der Waals surface area contributed by atoms with Gasteiger partial charge in [-0.05, 0) is 48.4 Å². The van der Waals surface area contributed by atoms with Gasteiger partial charge >= 0.3 is 6.03 Å². The molecule has 0 unspecified atom stereocenters. The molecule has 1 fully saturated rings. The number of carbonyl (C=O) groups is 2. The molecule has 2 N–H and O–H groups in total. The number of nitrogens with one attached hydrogen (secondary N) is 2. The number of hydrogen-bond acceptors (Lipinski definition) is 4. The Morgan fingerprint density at radius 3 is 2.70 bits per heavy atom. The predicted octanol–water partition coefficient (Wildman–Crippen LogP) is 4.17. The molecule has 2 aromatic heterocycles. The van der Waals surface area contributed by atoms with Crippen LogP contribution in [0.25, 0.3) is 11.0 Å². The van der Waals surface area contributed by atoms with E-state index in [9.17, 15) is 9.59 Å². The van der Waals surface area contributed by atoms with Gasteiger partial charge in [0.25, 0.3) is 5.91 Å². The molecule has 0 aliphatic carbocycles. The van der Waals surface area contributed by atoms with Crippen LogP contribution in [-0.2, 0) is 0 Å². The number of thiophene rings is 1. The third kappa shape index (κ3) is 4.14. The topological polar surface area (TPSA) is 74.6 Å². The number of likely N-dealkylation sites (tertiary alicyclic amines) is 1. The number of furan rings is 1. The monoisotopic (exact) mass is 383 g/mol. The molecule has 140 valence electrons. The Hall–Kier alpha value is -2.80. The van der Waals surface area contributed by atoms with Crippen molar-refractivity contribution in [3.63, 3.8) is 0 Å². The molecule has 0 radical (unpaired) electrons. The molecule has 1 saturated heterocycles. The van der Waals surface area contributed by atoms with E-state index in [2.05, 4.69) is 10.6 Å². The summed E-state index contributed by atoms with van der Waals surface area (Å²) in [7, 11) is 0. The molecule has 0 bridgehead atoms. The van der Waals surface area contributed by atoms with E-state index in [4.69, 9.17) is 4.42 Å². The Balaban J connectivity index is 1.26. The lowest BCUT2D eigenvalue weighted by atomic mass is 9.96.